The molecular formula is C15H23N5OSi. The Kier molecular flexibility index (Phi) is 4.97. The molecule has 7 heteroatoms. The van der Waals surface area contributed by atoms with Gasteiger partial charge in [0.2, 0.25) is 0 Å². The molecule has 118 valence electrons. The predicted octanol–water partition coefficient (Wildman–Crippen LogP) is 1.33. The molecule has 1 atom stereocenters. The standard InChI is InChI=1S/C15H23N5OSi/c1-12(14-19-17-10-20(14)2)18-15(21)16-11-22(3,4)13-8-6-5-7-9-13/h5-10,12H,11H2,1-4H3,(H2,16,18,21)/t12-/m0/s1. The van der Waals surface area contributed by atoms with Crippen molar-refractivity contribution in [2.75, 3.05) is 6.17 Å². The van der Waals surface area contributed by atoms with Crippen molar-refractivity contribution in [3.8, 4) is 0 Å². The van der Waals surface area contributed by atoms with Gasteiger partial charge in [0.25, 0.3) is 0 Å². The lowest BCUT2D eigenvalue weighted by atomic mass is 10.3. The summed E-state index contributed by atoms with van der Waals surface area (Å²) in [6.45, 7) is 6.38. The number of hydrogen-bond acceptors (Lipinski definition) is 3. The highest BCUT2D eigenvalue weighted by molar-refractivity contribution is 6.90. The van der Waals surface area contributed by atoms with E-state index in [2.05, 4.69) is 46.1 Å². The zero-order valence-corrected chi connectivity index (χ0v) is 14.5. The van der Waals surface area contributed by atoms with Gasteiger partial charge in [-0.05, 0) is 6.92 Å². The summed E-state index contributed by atoms with van der Waals surface area (Å²) in [7, 11) is 0.182. The largest absolute Gasteiger partial charge is 0.341 e. The molecule has 0 radical (unpaired) electrons. The molecule has 0 bridgehead atoms. The van der Waals surface area contributed by atoms with Crippen LogP contribution in [-0.4, -0.2) is 35.0 Å². The third kappa shape index (κ3) is 3.94. The van der Waals surface area contributed by atoms with Gasteiger partial charge in [-0.3, -0.25) is 0 Å². The Morgan fingerprint density at radius 3 is 2.59 bits per heavy atom. The minimum Gasteiger partial charge on any atom is -0.341 e. The number of rotatable bonds is 5. The van der Waals surface area contributed by atoms with Crippen molar-refractivity contribution in [3.63, 3.8) is 0 Å². The molecule has 0 saturated carbocycles. The van der Waals surface area contributed by atoms with E-state index in [0.717, 1.165) is 5.82 Å². The van der Waals surface area contributed by atoms with Gasteiger partial charge in [-0.25, -0.2) is 4.79 Å². The maximum absolute atomic E-state index is 12.1. The number of hydrogen-bond donors (Lipinski definition) is 2. The van der Waals surface area contributed by atoms with E-state index in [1.54, 1.807) is 10.9 Å². The number of nitrogens with one attached hydrogen (secondary N) is 2. The van der Waals surface area contributed by atoms with Gasteiger partial charge in [0.1, 0.15) is 14.4 Å². The predicted molar refractivity (Wildman–Crippen MR) is 89.5 cm³/mol. The van der Waals surface area contributed by atoms with Crippen LogP contribution in [0.3, 0.4) is 0 Å². The van der Waals surface area contributed by atoms with E-state index in [0.29, 0.717) is 6.17 Å². The molecule has 22 heavy (non-hydrogen) atoms. The average molecular weight is 317 g/mol. The van der Waals surface area contributed by atoms with Gasteiger partial charge in [-0.15, -0.1) is 10.2 Å². The highest BCUT2D eigenvalue weighted by Crippen LogP contribution is 2.07. The fraction of sp³-hybridized carbons (Fsp3) is 0.400. The monoisotopic (exact) mass is 317 g/mol. The summed E-state index contributed by atoms with van der Waals surface area (Å²) in [5.41, 5.74) is 0. The first-order valence-electron chi connectivity index (χ1n) is 7.34. The zero-order chi connectivity index (χ0) is 16.2. The minimum absolute atomic E-state index is 0.174. The number of carbonyl (C=O) groups excluding carboxylic acids is 1. The smallest absolute Gasteiger partial charge is 0.315 e. The minimum atomic E-state index is -1.68. The average Bonchev–Trinajstić information content (AvgIpc) is 2.92. The Morgan fingerprint density at radius 1 is 1.32 bits per heavy atom. The van der Waals surface area contributed by atoms with Crippen molar-refractivity contribution < 1.29 is 4.79 Å². The second kappa shape index (κ2) is 6.74. The SMILES string of the molecule is C[C@H](NC(=O)NC[Si](C)(C)c1ccccc1)c1nncn1C. The van der Waals surface area contributed by atoms with Crippen LogP contribution in [0.2, 0.25) is 13.1 Å². The second-order valence-corrected chi connectivity index (χ2v) is 10.8. The first kappa shape index (κ1) is 16.2. The fourth-order valence-corrected chi connectivity index (χ4v) is 4.19. The molecule has 1 aromatic heterocycles. The number of nitrogens with zero attached hydrogens (tertiary/aromatic N) is 3. The zero-order valence-electron chi connectivity index (χ0n) is 13.5. The van der Waals surface area contributed by atoms with Gasteiger partial charge < -0.3 is 15.2 Å². The highest BCUT2D eigenvalue weighted by Gasteiger charge is 2.24. The Balaban J connectivity index is 1.89. The van der Waals surface area contributed by atoms with Crippen LogP contribution < -0.4 is 15.8 Å². The van der Waals surface area contributed by atoms with E-state index in [1.807, 2.05) is 32.2 Å². The molecule has 0 aliphatic carbocycles. The first-order chi connectivity index (χ1) is 10.4. The van der Waals surface area contributed by atoms with Gasteiger partial charge in [0, 0.05) is 13.2 Å². The van der Waals surface area contributed by atoms with Gasteiger partial charge >= 0.3 is 6.03 Å². The van der Waals surface area contributed by atoms with Crippen LogP contribution in [0, 0.1) is 0 Å². The molecule has 2 aromatic rings. The molecule has 0 spiro atoms. The number of amides is 2. The molecule has 0 fully saturated rings. The fourth-order valence-electron chi connectivity index (χ4n) is 2.29. The highest BCUT2D eigenvalue weighted by atomic mass is 28.3. The van der Waals surface area contributed by atoms with Crippen LogP contribution in [0.1, 0.15) is 18.8 Å². The van der Waals surface area contributed by atoms with Crippen LogP contribution >= 0.6 is 0 Å². The molecule has 6 nitrogen and oxygen atoms in total. The van der Waals surface area contributed by atoms with Crippen molar-refractivity contribution in [2.45, 2.75) is 26.1 Å². The molecule has 1 heterocycles. The van der Waals surface area contributed by atoms with Gasteiger partial charge in [0.15, 0.2) is 5.82 Å². The third-order valence-electron chi connectivity index (χ3n) is 3.73. The van der Waals surface area contributed by atoms with E-state index in [9.17, 15) is 4.79 Å². The summed E-state index contributed by atoms with van der Waals surface area (Å²) in [5, 5.41) is 15.0. The number of carbonyl (C=O) groups is 1. The topological polar surface area (TPSA) is 71.8 Å². The van der Waals surface area contributed by atoms with Crippen LogP contribution in [0.5, 0.6) is 0 Å². The normalized spacial score (nSPS) is 12.7. The number of urea groups is 1. The van der Waals surface area contributed by atoms with Crippen LogP contribution in [-0.2, 0) is 7.05 Å². The lowest BCUT2D eigenvalue weighted by Crippen LogP contribution is -2.53. The van der Waals surface area contributed by atoms with Gasteiger partial charge in [-0.1, -0.05) is 48.6 Å². The molecule has 2 amide bonds. The van der Waals surface area contributed by atoms with E-state index >= 15 is 0 Å². The van der Waals surface area contributed by atoms with Crippen LogP contribution in [0.4, 0.5) is 4.79 Å². The Bertz CT molecular complexity index is 626. The van der Waals surface area contributed by atoms with E-state index < -0.39 is 8.07 Å². The third-order valence-corrected chi connectivity index (χ3v) is 6.68. The number of aromatic nitrogens is 3. The Morgan fingerprint density at radius 2 is 2.00 bits per heavy atom. The van der Waals surface area contributed by atoms with Crippen molar-refractivity contribution in [3.05, 3.63) is 42.5 Å². The summed E-state index contributed by atoms with van der Waals surface area (Å²) in [6.07, 6.45) is 2.31. The van der Waals surface area contributed by atoms with Crippen molar-refractivity contribution in [1.82, 2.24) is 25.4 Å². The summed E-state index contributed by atoms with van der Waals surface area (Å²) >= 11 is 0. The summed E-state index contributed by atoms with van der Waals surface area (Å²) < 4.78 is 1.80. The molecule has 2 rings (SSSR count). The van der Waals surface area contributed by atoms with E-state index in [1.165, 1.54) is 5.19 Å². The second-order valence-electron chi connectivity index (χ2n) is 6.10. The quantitative estimate of drug-likeness (QED) is 0.817. The lowest BCUT2D eigenvalue weighted by molar-refractivity contribution is 0.238. The Hall–Kier alpha value is -2.15. The molecule has 0 aliphatic heterocycles. The van der Waals surface area contributed by atoms with Gasteiger partial charge in [-0.2, -0.15) is 0 Å². The maximum atomic E-state index is 12.1. The van der Waals surface area contributed by atoms with Gasteiger partial charge in [0.05, 0.1) is 6.04 Å². The molecule has 0 aliphatic rings. The molecular weight excluding hydrogens is 294 g/mol. The van der Waals surface area contributed by atoms with Crippen molar-refractivity contribution in [1.29, 1.82) is 0 Å². The summed E-state index contributed by atoms with van der Waals surface area (Å²) in [6, 6.07) is 10.0. The number of benzene rings is 1. The molecule has 0 unspecified atom stereocenters. The van der Waals surface area contributed by atoms with Crippen LogP contribution in [0.15, 0.2) is 36.7 Å². The Labute approximate surface area is 132 Å². The first-order valence-corrected chi connectivity index (χ1v) is 10.5. The molecule has 2 N–H and O–H groups in total. The van der Waals surface area contributed by atoms with Crippen molar-refractivity contribution >= 4 is 19.3 Å². The lowest BCUT2D eigenvalue weighted by Gasteiger charge is -2.24. The van der Waals surface area contributed by atoms with E-state index in [-0.39, 0.29) is 12.1 Å². The number of aryl methyl sites for hydroxylation is 1. The maximum Gasteiger partial charge on any atom is 0.315 e. The summed E-state index contributed by atoms with van der Waals surface area (Å²) in [4.78, 5) is 12.1. The van der Waals surface area contributed by atoms with Crippen LogP contribution in [0.25, 0.3) is 0 Å². The molecule has 0 saturated heterocycles. The van der Waals surface area contributed by atoms with Crippen molar-refractivity contribution in [2.24, 2.45) is 7.05 Å². The molecule has 1 aromatic carbocycles. The summed E-state index contributed by atoms with van der Waals surface area (Å²) in [5.74, 6) is 0.731. The van der Waals surface area contributed by atoms with E-state index in [4.69, 9.17) is 0 Å².